The second kappa shape index (κ2) is 5.48. The van der Waals surface area contributed by atoms with Crippen molar-refractivity contribution in [3.63, 3.8) is 0 Å². The van der Waals surface area contributed by atoms with Crippen molar-refractivity contribution in [1.29, 1.82) is 0 Å². The van der Waals surface area contributed by atoms with E-state index in [1.165, 1.54) is 12.8 Å². The largest absolute Gasteiger partial charge is 0.462 e. The Labute approximate surface area is 96.2 Å². The Bertz CT molecular complexity index is 317. The third kappa shape index (κ3) is 3.07. The van der Waals surface area contributed by atoms with Gasteiger partial charge in [0.25, 0.3) is 0 Å². The molecule has 2 heterocycles. The first kappa shape index (κ1) is 11.6. The smallest absolute Gasteiger partial charge is 0.129 e. The van der Waals surface area contributed by atoms with Crippen LogP contribution in [0.3, 0.4) is 0 Å². The molecule has 0 saturated carbocycles. The number of piperidine rings is 1. The molecular formula is C12H20N2O2. The van der Waals surface area contributed by atoms with Crippen molar-refractivity contribution in [2.24, 2.45) is 0 Å². The fraction of sp³-hybridized carbons (Fsp3) is 0.667. The van der Waals surface area contributed by atoms with Crippen LogP contribution in [-0.4, -0.2) is 36.2 Å². The zero-order valence-corrected chi connectivity index (χ0v) is 9.78. The maximum atomic E-state index is 8.88. The molecule has 90 valence electrons. The summed E-state index contributed by atoms with van der Waals surface area (Å²) in [5.74, 6) is 1.54. The topological polar surface area (TPSA) is 48.6 Å². The summed E-state index contributed by atoms with van der Waals surface area (Å²) in [4.78, 5) is 2.36. The van der Waals surface area contributed by atoms with Gasteiger partial charge in [-0.2, -0.15) is 0 Å². The molecule has 0 aliphatic carbocycles. The minimum atomic E-state index is -0.0196. The lowest BCUT2D eigenvalue weighted by Crippen LogP contribution is -2.40. The van der Waals surface area contributed by atoms with Crippen molar-refractivity contribution in [3.8, 4) is 0 Å². The molecule has 2 rings (SSSR count). The quantitative estimate of drug-likeness (QED) is 0.799. The molecule has 0 radical (unpaired) electrons. The van der Waals surface area contributed by atoms with Crippen molar-refractivity contribution in [3.05, 3.63) is 23.7 Å². The Kier molecular flexibility index (Phi) is 3.98. The number of aliphatic hydroxyl groups excluding tert-OH is 1. The molecule has 16 heavy (non-hydrogen) atoms. The normalized spacial score (nSPS) is 19.1. The van der Waals surface area contributed by atoms with E-state index in [-0.39, 0.29) is 6.61 Å². The summed E-state index contributed by atoms with van der Waals surface area (Å²) in [7, 11) is 2.16. The maximum absolute atomic E-state index is 8.88. The number of likely N-dealkylation sites (tertiary alicyclic amines) is 1. The van der Waals surface area contributed by atoms with E-state index < -0.39 is 0 Å². The maximum Gasteiger partial charge on any atom is 0.129 e. The van der Waals surface area contributed by atoms with Gasteiger partial charge in [0.05, 0.1) is 6.54 Å². The minimum absolute atomic E-state index is 0.0196. The molecule has 1 aromatic heterocycles. The second-order valence-corrected chi connectivity index (χ2v) is 4.48. The molecule has 4 nitrogen and oxygen atoms in total. The van der Waals surface area contributed by atoms with Crippen LogP contribution in [0.4, 0.5) is 0 Å². The number of aliphatic hydroxyl groups is 1. The van der Waals surface area contributed by atoms with Crippen LogP contribution in [0.15, 0.2) is 16.5 Å². The third-order valence-electron chi connectivity index (χ3n) is 3.16. The lowest BCUT2D eigenvalue weighted by molar-refractivity contribution is 0.226. The molecule has 0 unspecified atom stereocenters. The highest BCUT2D eigenvalue weighted by Crippen LogP contribution is 2.11. The first-order valence-electron chi connectivity index (χ1n) is 5.88. The van der Waals surface area contributed by atoms with Gasteiger partial charge >= 0.3 is 0 Å². The first-order valence-corrected chi connectivity index (χ1v) is 5.88. The second-order valence-electron chi connectivity index (χ2n) is 4.48. The average molecular weight is 224 g/mol. The van der Waals surface area contributed by atoms with E-state index in [4.69, 9.17) is 9.52 Å². The van der Waals surface area contributed by atoms with Gasteiger partial charge in [0.1, 0.15) is 18.1 Å². The van der Waals surface area contributed by atoms with Gasteiger partial charge in [-0.25, -0.2) is 0 Å². The van der Waals surface area contributed by atoms with Crippen molar-refractivity contribution in [2.75, 3.05) is 20.1 Å². The molecule has 0 atom stereocenters. The first-order chi connectivity index (χ1) is 7.78. The fourth-order valence-corrected chi connectivity index (χ4v) is 2.06. The van der Waals surface area contributed by atoms with E-state index in [1.54, 1.807) is 0 Å². The Morgan fingerprint density at radius 1 is 1.38 bits per heavy atom. The van der Waals surface area contributed by atoms with E-state index in [9.17, 15) is 0 Å². The molecule has 1 aromatic rings. The van der Waals surface area contributed by atoms with Crippen molar-refractivity contribution < 1.29 is 9.52 Å². The molecule has 1 aliphatic heterocycles. The predicted octanol–water partition coefficient (Wildman–Crippen LogP) is 0.956. The van der Waals surface area contributed by atoms with Gasteiger partial charge in [0.2, 0.25) is 0 Å². The molecule has 2 N–H and O–H groups in total. The molecule has 1 saturated heterocycles. The lowest BCUT2D eigenvalue weighted by atomic mass is 10.1. The Hall–Kier alpha value is -0.840. The Morgan fingerprint density at radius 3 is 2.69 bits per heavy atom. The third-order valence-corrected chi connectivity index (χ3v) is 3.16. The Balaban J connectivity index is 1.74. The molecule has 1 aliphatic rings. The van der Waals surface area contributed by atoms with Crippen LogP contribution in [0, 0.1) is 0 Å². The number of hydrogen-bond donors (Lipinski definition) is 2. The van der Waals surface area contributed by atoms with Gasteiger partial charge in [-0.3, -0.25) is 0 Å². The van der Waals surface area contributed by atoms with E-state index in [0.717, 1.165) is 25.4 Å². The van der Waals surface area contributed by atoms with Crippen LogP contribution in [0.25, 0.3) is 0 Å². The number of hydrogen-bond acceptors (Lipinski definition) is 4. The molecule has 0 amide bonds. The monoisotopic (exact) mass is 224 g/mol. The molecule has 1 fully saturated rings. The average Bonchev–Trinajstić information content (AvgIpc) is 2.76. The summed E-state index contributed by atoms with van der Waals surface area (Å²) in [6, 6.07) is 4.35. The lowest BCUT2D eigenvalue weighted by Gasteiger charge is -2.29. The number of nitrogens with zero attached hydrogens (tertiary/aromatic N) is 1. The summed E-state index contributed by atoms with van der Waals surface area (Å²) in [6.07, 6.45) is 2.40. The van der Waals surface area contributed by atoms with Crippen molar-refractivity contribution >= 4 is 0 Å². The van der Waals surface area contributed by atoms with Crippen LogP contribution in [-0.2, 0) is 13.2 Å². The van der Waals surface area contributed by atoms with Gasteiger partial charge < -0.3 is 19.7 Å². The number of rotatable bonds is 4. The van der Waals surface area contributed by atoms with Crippen LogP contribution in [0.2, 0.25) is 0 Å². The van der Waals surface area contributed by atoms with Crippen molar-refractivity contribution in [1.82, 2.24) is 10.2 Å². The van der Waals surface area contributed by atoms with Crippen LogP contribution < -0.4 is 5.32 Å². The van der Waals surface area contributed by atoms with Gasteiger partial charge in [0, 0.05) is 6.04 Å². The molecule has 0 bridgehead atoms. The summed E-state index contributed by atoms with van der Waals surface area (Å²) >= 11 is 0. The minimum Gasteiger partial charge on any atom is -0.462 e. The zero-order chi connectivity index (χ0) is 11.4. The van der Waals surface area contributed by atoms with Crippen molar-refractivity contribution in [2.45, 2.75) is 32.0 Å². The highest BCUT2D eigenvalue weighted by atomic mass is 16.4. The molecular weight excluding hydrogens is 204 g/mol. The summed E-state index contributed by atoms with van der Waals surface area (Å²) < 4.78 is 5.42. The van der Waals surface area contributed by atoms with Gasteiger partial charge in [-0.1, -0.05) is 0 Å². The highest BCUT2D eigenvalue weighted by Gasteiger charge is 2.16. The summed E-state index contributed by atoms with van der Waals surface area (Å²) in [6.45, 7) is 3.07. The molecule has 0 spiro atoms. The van der Waals surface area contributed by atoms with E-state index in [2.05, 4.69) is 17.3 Å². The van der Waals surface area contributed by atoms with E-state index in [1.807, 2.05) is 12.1 Å². The fourth-order valence-electron chi connectivity index (χ4n) is 2.06. The highest BCUT2D eigenvalue weighted by molar-refractivity contribution is 5.06. The van der Waals surface area contributed by atoms with Gasteiger partial charge in [0.15, 0.2) is 0 Å². The van der Waals surface area contributed by atoms with Crippen LogP contribution >= 0.6 is 0 Å². The van der Waals surface area contributed by atoms with Crippen LogP contribution in [0.1, 0.15) is 24.4 Å². The Morgan fingerprint density at radius 2 is 2.06 bits per heavy atom. The van der Waals surface area contributed by atoms with E-state index in [0.29, 0.717) is 11.8 Å². The van der Waals surface area contributed by atoms with Crippen LogP contribution in [0.5, 0.6) is 0 Å². The molecule has 0 aromatic carbocycles. The summed E-state index contributed by atoms with van der Waals surface area (Å²) in [5.41, 5.74) is 0. The van der Waals surface area contributed by atoms with E-state index >= 15 is 0 Å². The number of nitrogens with one attached hydrogen (secondary N) is 1. The standard InChI is InChI=1S/C12H20N2O2/c1-14-6-4-10(5-7-14)13-8-11-2-3-12(9-15)16-11/h2-3,10,13,15H,4-9H2,1H3. The SMILES string of the molecule is CN1CCC(NCc2ccc(CO)o2)CC1. The summed E-state index contributed by atoms with van der Waals surface area (Å²) in [5, 5.41) is 12.4. The zero-order valence-electron chi connectivity index (χ0n) is 9.78. The van der Waals surface area contributed by atoms with Gasteiger partial charge in [-0.05, 0) is 45.1 Å². The van der Waals surface area contributed by atoms with Gasteiger partial charge in [-0.15, -0.1) is 0 Å². The predicted molar refractivity (Wildman–Crippen MR) is 62.0 cm³/mol. The number of furan rings is 1. The molecule has 4 heteroatoms.